The molecule has 0 N–H and O–H groups in total. The number of hydrogen-bond donors (Lipinski definition) is 0. The number of aryl methyl sites for hydroxylation is 2. The normalized spacial score (nSPS) is 10.5. The van der Waals surface area contributed by atoms with Crippen molar-refractivity contribution in [2.24, 2.45) is 0 Å². The molecule has 1 rings (SSSR count). The molecule has 16 heavy (non-hydrogen) atoms. The van der Waals surface area contributed by atoms with E-state index in [0.717, 1.165) is 34.3 Å². The van der Waals surface area contributed by atoms with Crippen molar-refractivity contribution >= 4 is 17.5 Å². The third kappa shape index (κ3) is 3.93. The van der Waals surface area contributed by atoms with Crippen molar-refractivity contribution in [1.82, 2.24) is 9.97 Å². The molecule has 0 unspecified atom stereocenters. The first-order chi connectivity index (χ1) is 7.50. The van der Waals surface area contributed by atoms with Gasteiger partial charge in [-0.25, -0.2) is 9.97 Å². The second kappa shape index (κ2) is 5.99. The fourth-order valence-electron chi connectivity index (χ4n) is 1.29. The molecule has 0 radical (unpaired) electrons. The van der Waals surface area contributed by atoms with Crippen LogP contribution in [-0.4, -0.2) is 21.5 Å². The topological polar surface area (TPSA) is 42.9 Å². The van der Waals surface area contributed by atoms with Crippen LogP contribution in [-0.2, 0) is 4.79 Å². The fraction of sp³-hybridized carbons (Fsp3) is 0.583. The minimum Gasteiger partial charge on any atom is -0.300 e. The first-order valence-electron chi connectivity index (χ1n) is 5.44. The van der Waals surface area contributed by atoms with E-state index in [1.165, 1.54) is 0 Å². The van der Waals surface area contributed by atoms with Crippen molar-refractivity contribution in [1.29, 1.82) is 0 Å². The summed E-state index contributed by atoms with van der Waals surface area (Å²) >= 11 is 1.62. The van der Waals surface area contributed by atoms with Gasteiger partial charge in [0.25, 0.3) is 0 Å². The van der Waals surface area contributed by atoms with Crippen LogP contribution in [0, 0.1) is 20.8 Å². The average Bonchev–Trinajstić information content (AvgIpc) is 2.20. The number of thioether (sulfide) groups is 1. The fourth-order valence-corrected chi connectivity index (χ4v) is 2.16. The van der Waals surface area contributed by atoms with Crippen molar-refractivity contribution in [3.8, 4) is 0 Å². The summed E-state index contributed by atoms with van der Waals surface area (Å²) in [5, 5.41) is 0.823. The van der Waals surface area contributed by atoms with Gasteiger partial charge in [0.1, 0.15) is 5.78 Å². The number of aromatic nitrogens is 2. The van der Waals surface area contributed by atoms with Crippen LogP contribution in [0.2, 0.25) is 0 Å². The first-order valence-corrected chi connectivity index (χ1v) is 6.43. The van der Waals surface area contributed by atoms with Crippen molar-refractivity contribution in [3.63, 3.8) is 0 Å². The Hall–Kier alpha value is -0.900. The number of carbonyl (C=O) groups excluding carboxylic acids is 1. The number of rotatable bonds is 5. The Morgan fingerprint density at radius 3 is 2.25 bits per heavy atom. The van der Waals surface area contributed by atoms with E-state index in [0.29, 0.717) is 6.42 Å². The maximum atomic E-state index is 10.8. The highest BCUT2D eigenvalue weighted by molar-refractivity contribution is 7.99. The second-order valence-electron chi connectivity index (χ2n) is 3.96. The van der Waals surface area contributed by atoms with E-state index in [1.807, 2.05) is 20.8 Å². The molecule has 0 aliphatic heterocycles. The summed E-state index contributed by atoms with van der Waals surface area (Å²) in [5.41, 5.74) is 3.25. The lowest BCUT2D eigenvalue weighted by atomic mass is 10.2. The predicted molar refractivity (Wildman–Crippen MR) is 66.9 cm³/mol. The van der Waals surface area contributed by atoms with Gasteiger partial charge in [0, 0.05) is 23.6 Å². The Balaban J connectivity index is 2.52. The van der Waals surface area contributed by atoms with Gasteiger partial charge >= 0.3 is 0 Å². The van der Waals surface area contributed by atoms with Crippen molar-refractivity contribution in [3.05, 3.63) is 17.0 Å². The van der Waals surface area contributed by atoms with Gasteiger partial charge in [-0.05, 0) is 39.7 Å². The zero-order chi connectivity index (χ0) is 12.1. The largest absolute Gasteiger partial charge is 0.300 e. The molecule has 88 valence electrons. The van der Waals surface area contributed by atoms with Crippen LogP contribution in [0.15, 0.2) is 5.16 Å². The number of nitrogens with zero attached hydrogens (tertiary/aromatic N) is 2. The summed E-state index contributed by atoms with van der Waals surface area (Å²) in [5.74, 6) is 1.15. The van der Waals surface area contributed by atoms with Gasteiger partial charge in [-0.15, -0.1) is 0 Å². The van der Waals surface area contributed by atoms with Crippen molar-refractivity contribution in [2.75, 3.05) is 5.75 Å². The van der Waals surface area contributed by atoms with E-state index >= 15 is 0 Å². The van der Waals surface area contributed by atoms with E-state index in [1.54, 1.807) is 18.7 Å². The van der Waals surface area contributed by atoms with Gasteiger partial charge in [0.2, 0.25) is 0 Å². The molecule has 0 spiro atoms. The van der Waals surface area contributed by atoms with Crippen LogP contribution in [0.1, 0.15) is 36.7 Å². The lowest BCUT2D eigenvalue weighted by Crippen LogP contribution is -1.99. The molecule has 0 aliphatic rings. The smallest absolute Gasteiger partial charge is 0.187 e. The van der Waals surface area contributed by atoms with Gasteiger partial charge in [-0.1, -0.05) is 11.8 Å². The molecule has 0 saturated carbocycles. The summed E-state index contributed by atoms with van der Waals surface area (Å²) in [6.07, 6.45) is 1.55. The summed E-state index contributed by atoms with van der Waals surface area (Å²) in [7, 11) is 0. The van der Waals surface area contributed by atoms with Gasteiger partial charge in [-0.2, -0.15) is 0 Å². The summed E-state index contributed by atoms with van der Waals surface area (Å²) in [4.78, 5) is 19.6. The Morgan fingerprint density at radius 2 is 1.75 bits per heavy atom. The molecule has 4 heteroatoms. The summed E-state index contributed by atoms with van der Waals surface area (Å²) in [6.45, 7) is 7.67. The molecular weight excluding hydrogens is 220 g/mol. The minimum atomic E-state index is 0.248. The average molecular weight is 238 g/mol. The number of Topliss-reactive ketones (excluding diaryl/α,β-unsaturated/α-hetero) is 1. The zero-order valence-electron chi connectivity index (χ0n) is 10.3. The van der Waals surface area contributed by atoms with E-state index in [9.17, 15) is 4.79 Å². The summed E-state index contributed by atoms with van der Waals surface area (Å²) in [6, 6.07) is 0. The van der Waals surface area contributed by atoms with Crippen molar-refractivity contribution < 1.29 is 4.79 Å². The van der Waals surface area contributed by atoms with Crippen LogP contribution in [0.5, 0.6) is 0 Å². The maximum Gasteiger partial charge on any atom is 0.187 e. The quantitative estimate of drug-likeness (QED) is 0.449. The van der Waals surface area contributed by atoms with E-state index in [4.69, 9.17) is 0 Å². The Kier molecular flexibility index (Phi) is 4.93. The predicted octanol–water partition coefficient (Wildman–Crippen LogP) is 2.86. The number of ketones is 1. The van der Waals surface area contributed by atoms with Crippen molar-refractivity contribution in [2.45, 2.75) is 45.7 Å². The highest BCUT2D eigenvalue weighted by atomic mass is 32.2. The second-order valence-corrected chi connectivity index (χ2v) is 5.02. The lowest BCUT2D eigenvalue weighted by molar-refractivity contribution is -0.117. The Morgan fingerprint density at radius 1 is 1.19 bits per heavy atom. The molecule has 3 nitrogen and oxygen atoms in total. The third-order valence-electron chi connectivity index (χ3n) is 2.52. The van der Waals surface area contributed by atoms with Gasteiger partial charge in [-0.3, -0.25) is 0 Å². The van der Waals surface area contributed by atoms with Crippen LogP contribution < -0.4 is 0 Å². The minimum absolute atomic E-state index is 0.248. The Labute approximate surface area is 101 Å². The van der Waals surface area contributed by atoms with Gasteiger partial charge < -0.3 is 4.79 Å². The van der Waals surface area contributed by atoms with E-state index < -0.39 is 0 Å². The van der Waals surface area contributed by atoms with E-state index in [-0.39, 0.29) is 5.78 Å². The SMILES string of the molecule is CC(=O)CCCSc1nc(C)c(C)c(C)n1. The molecule has 1 aromatic rings. The molecule has 0 saturated heterocycles. The number of hydrogen-bond acceptors (Lipinski definition) is 4. The lowest BCUT2D eigenvalue weighted by Gasteiger charge is -2.06. The van der Waals surface area contributed by atoms with Gasteiger partial charge in [0.05, 0.1) is 0 Å². The highest BCUT2D eigenvalue weighted by Gasteiger charge is 2.04. The molecule has 0 aliphatic carbocycles. The Bertz CT molecular complexity index is 368. The highest BCUT2D eigenvalue weighted by Crippen LogP contribution is 2.18. The monoisotopic (exact) mass is 238 g/mol. The molecule has 1 aromatic heterocycles. The molecule has 0 atom stereocenters. The molecule has 0 bridgehead atoms. The maximum absolute atomic E-state index is 10.8. The molecular formula is C12H18N2OS. The van der Waals surface area contributed by atoms with Crippen LogP contribution >= 0.6 is 11.8 Å². The van der Waals surface area contributed by atoms with Crippen LogP contribution in [0.4, 0.5) is 0 Å². The first kappa shape index (κ1) is 13.2. The standard InChI is InChI=1S/C12H18N2OS/c1-8(15)6-5-7-16-12-13-10(3)9(2)11(4)14-12/h5-7H2,1-4H3. The van der Waals surface area contributed by atoms with E-state index in [2.05, 4.69) is 9.97 Å². The molecule has 0 fully saturated rings. The number of carbonyl (C=O) groups is 1. The zero-order valence-corrected chi connectivity index (χ0v) is 11.1. The molecule has 1 heterocycles. The van der Waals surface area contributed by atoms with Crippen LogP contribution in [0.3, 0.4) is 0 Å². The molecule has 0 amide bonds. The molecule has 0 aromatic carbocycles. The summed E-state index contributed by atoms with van der Waals surface area (Å²) < 4.78 is 0. The third-order valence-corrected chi connectivity index (χ3v) is 3.45. The van der Waals surface area contributed by atoms with Gasteiger partial charge in [0.15, 0.2) is 5.16 Å². The van der Waals surface area contributed by atoms with Crippen LogP contribution in [0.25, 0.3) is 0 Å².